The number of hydrogen-bond acceptors (Lipinski definition) is 4. The van der Waals surface area contributed by atoms with Crippen molar-refractivity contribution < 1.29 is 24.2 Å². The number of carboxylic acids is 1. The topological polar surface area (TPSA) is 87.2 Å². The number of carbonyl (C=O) groups excluding carboxylic acids is 2. The van der Waals surface area contributed by atoms with Gasteiger partial charge in [-0.2, -0.15) is 0 Å². The molecule has 7 heteroatoms. The summed E-state index contributed by atoms with van der Waals surface area (Å²) in [6, 6.07) is 7.20. The lowest BCUT2D eigenvalue weighted by Gasteiger charge is -2.28. The second-order valence-electron chi connectivity index (χ2n) is 6.55. The minimum Gasteiger partial charge on any atom is -0.480 e. The molecular weight excluding hydrogens is 336 g/mol. The fourth-order valence-electron chi connectivity index (χ4n) is 3.33. The van der Waals surface area contributed by atoms with E-state index in [0.717, 1.165) is 12.0 Å². The van der Waals surface area contributed by atoms with Crippen LogP contribution in [-0.2, 0) is 20.9 Å². The summed E-state index contributed by atoms with van der Waals surface area (Å²) in [4.78, 5) is 38.7. The van der Waals surface area contributed by atoms with Gasteiger partial charge in [-0.15, -0.1) is 0 Å². The van der Waals surface area contributed by atoms with Gasteiger partial charge in [-0.3, -0.25) is 14.4 Å². The number of hydrogen-bond donors (Lipinski definition) is 1. The summed E-state index contributed by atoms with van der Waals surface area (Å²) >= 11 is 0. The van der Waals surface area contributed by atoms with Gasteiger partial charge in [-0.05, 0) is 37.0 Å². The van der Waals surface area contributed by atoms with E-state index in [-0.39, 0.29) is 24.4 Å². The van der Waals surface area contributed by atoms with Crippen LogP contribution in [0.25, 0.3) is 0 Å². The number of carboxylic acid groups (broad SMARTS) is 1. The van der Waals surface area contributed by atoms with E-state index in [4.69, 9.17) is 9.84 Å². The molecule has 0 bridgehead atoms. The maximum absolute atomic E-state index is 12.7. The van der Waals surface area contributed by atoms with Crippen LogP contribution in [0.1, 0.15) is 42.1 Å². The Morgan fingerprint density at radius 1 is 1.19 bits per heavy atom. The first-order valence-electron chi connectivity index (χ1n) is 8.78. The minimum absolute atomic E-state index is 0.0396. The summed E-state index contributed by atoms with van der Waals surface area (Å²) in [6.07, 6.45) is 2.02. The van der Waals surface area contributed by atoms with E-state index in [1.807, 2.05) is 12.1 Å². The van der Waals surface area contributed by atoms with Gasteiger partial charge in [0.15, 0.2) is 0 Å². The van der Waals surface area contributed by atoms with Gasteiger partial charge in [-0.25, -0.2) is 0 Å². The smallest absolute Gasteiger partial charge is 0.323 e. The average Bonchev–Trinajstić information content (AvgIpc) is 2.85. The normalized spacial score (nSPS) is 17.5. The predicted molar refractivity (Wildman–Crippen MR) is 95.7 cm³/mol. The molecule has 0 aromatic heterocycles. The zero-order valence-electron chi connectivity index (χ0n) is 15.3. The molecule has 0 spiro atoms. The van der Waals surface area contributed by atoms with Gasteiger partial charge in [0.1, 0.15) is 6.54 Å². The van der Waals surface area contributed by atoms with Gasteiger partial charge in [0, 0.05) is 38.7 Å². The van der Waals surface area contributed by atoms with Crippen LogP contribution in [-0.4, -0.2) is 65.5 Å². The largest absolute Gasteiger partial charge is 0.480 e. The molecule has 1 aliphatic heterocycles. The Labute approximate surface area is 153 Å². The molecule has 1 saturated heterocycles. The first-order valence-corrected chi connectivity index (χ1v) is 8.78. The average molecular weight is 362 g/mol. The Bertz CT molecular complexity index is 644. The van der Waals surface area contributed by atoms with Crippen LogP contribution >= 0.6 is 0 Å². The molecular formula is C19H26N2O5. The lowest BCUT2D eigenvalue weighted by molar-refractivity contribution is -0.145. The first kappa shape index (κ1) is 19.9. The zero-order valence-corrected chi connectivity index (χ0v) is 15.3. The lowest BCUT2D eigenvalue weighted by atomic mass is 10.1. The SMILES string of the molecule is COCc1ccc(C(=O)N2CCC[C@@H](N(CC(=O)O)C(C)=O)CC2)cc1. The third kappa shape index (κ3) is 5.29. The third-order valence-electron chi connectivity index (χ3n) is 4.65. The van der Waals surface area contributed by atoms with Crippen LogP contribution < -0.4 is 0 Å². The highest BCUT2D eigenvalue weighted by atomic mass is 16.5. The molecule has 0 saturated carbocycles. The highest BCUT2D eigenvalue weighted by Crippen LogP contribution is 2.19. The zero-order chi connectivity index (χ0) is 19.1. The molecule has 1 N–H and O–H groups in total. The third-order valence-corrected chi connectivity index (χ3v) is 4.65. The number of rotatable bonds is 6. The van der Waals surface area contributed by atoms with Gasteiger partial charge >= 0.3 is 5.97 Å². The van der Waals surface area contributed by atoms with E-state index in [9.17, 15) is 14.4 Å². The van der Waals surface area contributed by atoms with Crippen LogP contribution in [0.2, 0.25) is 0 Å². The number of carbonyl (C=O) groups is 3. The number of amides is 2. The lowest BCUT2D eigenvalue weighted by Crippen LogP contribution is -2.43. The second-order valence-corrected chi connectivity index (χ2v) is 6.55. The van der Waals surface area contributed by atoms with Crippen LogP contribution in [0.15, 0.2) is 24.3 Å². The fourth-order valence-corrected chi connectivity index (χ4v) is 3.33. The summed E-state index contributed by atoms with van der Waals surface area (Å²) in [5, 5.41) is 9.02. The molecule has 142 valence electrons. The quantitative estimate of drug-likeness (QED) is 0.833. The van der Waals surface area contributed by atoms with E-state index in [0.29, 0.717) is 38.1 Å². The number of benzene rings is 1. The van der Waals surface area contributed by atoms with E-state index in [1.165, 1.54) is 11.8 Å². The molecule has 0 radical (unpaired) electrons. The number of aliphatic carboxylic acids is 1. The van der Waals surface area contributed by atoms with Crippen molar-refractivity contribution in [2.24, 2.45) is 0 Å². The predicted octanol–water partition coefficient (Wildman–Crippen LogP) is 1.76. The molecule has 1 aliphatic rings. The summed E-state index contributed by atoms with van der Waals surface area (Å²) in [7, 11) is 1.63. The first-order chi connectivity index (χ1) is 12.4. The Morgan fingerprint density at radius 2 is 1.88 bits per heavy atom. The minimum atomic E-state index is -1.02. The highest BCUT2D eigenvalue weighted by Gasteiger charge is 2.27. The molecule has 1 atom stereocenters. The Morgan fingerprint density at radius 3 is 2.46 bits per heavy atom. The molecule has 1 aromatic carbocycles. The molecule has 1 heterocycles. The molecule has 2 rings (SSSR count). The van der Waals surface area contributed by atoms with E-state index in [1.54, 1.807) is 24.1 Å². The monoisotopic (exact) mass is 362 g/mol. The van der Waals surface area contributed by atoms with Crippen LogP contribution in [0.5, 0.6) is 0 Å². The number of nitrogens with zero attached hydrogens (tertiary/aromatic N) is 2. The highest BCUT2D eigenvalue weighted by molar-refractivity contribution is 5.94. The van der Waals surface area contributed by atoms with Gasteiger partial charge < -0.3 is 19.6 Å². The van der Waals surface area contributed by atoms with Gasteiger partial charge in [0.25, 0.3) is 5.91 Å². The molecule has 0 unspecified atom stereocenters. The molecule has 26 heavy (non-hydrogen) atoms. The summed E-state index contributed by atoms with van der Waals surface area (Å²) < 4.78 is 5.07. The standard InChI is InChI=1S/C19H26N2O5/c1-14(22)21(12-18(23)24)17-4-3-10-20(11-9-17)19(25)16-7-5-15(6-8-16)13-26-2/h5-8,17H,3-4,9-13H2,1-2H3,(H,23,24)/t17-/m1/s1. The van der Waals surface area contributed by atoms with Gasteiger partial charge in [0.05, 0.1) is 6.61 Å². The van der Waals surface area contributed by atoms with Crippen LogP contribution in [0.3, 0.4) is 0 Å². The van der Waals surface area contributed by atoms with Crippen molar-refractivity contribution in [1.29, 1.82) is 0 Å². The van der Waals surface area contributed by atoms with Crippen molar-refractivity contribution in [3.8, 4) is 0 Å². The number of likely N-dealkylation sites (tertiary alicyclic amines) is 1. The van der Waals surface area contributed by atoms with E-state index in [2.05, 4.69) is 0 Å². The molecule has 0 aliphatic carbocycles. The van der Waals surface area contributed by atoms with Crippen molar-refractivity contribution in [3.05, 3.63) is 35.4 Å². The van der Waals surface area contributed by atoms with E-state index < -0.39 is 5.97 Å². The number of ether oxygens (including phenoxy) is 1. The van der Waals surface area contributed by atoms with Crippen molar-refractivity contribution in [1.82, 2.24) is 9.80 Å². The molecule has 2 amide bonds. The van der Waals surface area contributed by atoms with Crippen LogP contribution in [0, 0.1) is 0 Å². The van der Waals surface area contributed by atoms with Crippen molar-refractivity contribution in [2.75, 3.05) is 26.7 Å². The Hall–Kier alpha value is -2.41. The van der Waals surface area contributed by atoms with Crippen molar-refractivity contribution in [2.45, 2.75) is 38.8 Å². The maximum Gasteiger partial charge on any atom is 0.323 e. The van der Waals surface area contributed by atoms with Crippen molar-refractivity contribution >= 4 is 17.8 Å². The molecule has 1 aromatic rings. The molecule has 7 nitrogen and oxygen atoms in total. The summed E-state index contributed by atoms with van der Waals surface area (Å²) in [5.74, 6) is -1.30. The van der Waals surface area contributed by atoms with Crippen LogP contribution in [0.4, 0.5) is 0 Å². The second kappa shape index (κ2) is 9.33. The molecule has 1 fully saturated rings. The van der Waals surface area contributed by atoms with Crippen molar-refractivity contribution in [3.63, 3.8) is 0 Å². The fraction of sp³-hybridized carbons (Fsp3) is 0.526. The van der Waals surface area contributed by atoms with Gasteiger partial charge in [0.2, 0.25) is 5.91 Å². The number of methoxy groups -OCH3 is 1. The Balaban J connectivity index is 2.01. The maximum atomic E-state index is 12.7. The van der Waals surface area contributed by atoms with Gasteiger partial charge in [-0.1, -0.05) is 12.1 Å². The Kier molecular flexibility index (Phi) is 7.15. The van der Waals surface area contributed by atoms with E-state index >= 15 is 0 Å². The summed E-state index contributed by atoms with van der Waals surface area (Å²) in [6.45, 7) is 2.71. The summed E-state index contributed by atoms with van der Waals surface area (Å²) in [5.41, 5.74) is 1.63.